The van der Waals surface area contributed by atoms with Crippen LogP contribution in [0.1, 0.15) is 0 Å². The predicted molar refractivity (Wildman–Crippen MR) is 633 cm³/mol. The summed E-state index contributed by atoms with van der Waals surface area (Å²) in [6.07, 6.45) is 10.4. The van der Waals surface area contributed by atoms with E-state index in [0.717, 1.165) is 128 Å². The molecule has 0 fully saturated rings. The molecule has 5 heterocycles. The fraction of sp³-hybridized carbons (Fsp3) is 0.167. The first-order valence-electron chi connectivity index (χ1n) is 49.2. The van der Waals surface area contributed by atoms with Crippen molar-refractivity contribution in [3.63, 3.8) is 0 Å². The first kappa shape index (κ1) is 103. The van der Waals surface area contributed by atoms with Gasteiger partial charge in [-0.3, -0.25) is 15.0 Å². The topological polar surface area (TPSA) is 70.9 Å². The normalized spacial score (nSPS) is 12.0. The summed E-state index contributed by atoms with van der Waals surface area (Å²) >= 11 is 3.63. The van der Waals surface area contributed by atoms with Gasteiger partial charge in [0.05, 0.1) is 85.0 Å². The van der Waals surface area contributed by atoms with E-state index >= 15 is 0 Å². The number of pyridine rings is 5. The molecule has 0 N–H and O–H groups in total. The van der Waals surface area contributed by atoms with E-state index < -0.39 is 56.5 Å². The van der Waals surface area contributed by atoms with E-state index in [1.165, 1.54) is 80.1 Å². The summed E-state index contributed by atoms with van der Waals surface area (Å²) < 4.78 is 1.07. The van der Waals surface area contributed by atoms with Gasteiger partial charge in [0.1, 0.15) is 0 Å². The molecule has 142 heavy (non-hydrogen) atoms. The van der Waals surface area contributed by atoms with Crippen LogP contribution in [-0.4, -0.2) is 81.4 Å². The van der Waals surface area contributed by atoms with Crippen LogP contribution in [0.15, 0.2) is 399 Å². The molecule has 19 rings (SSSR count). The standard InChI is InChI=1S/C53H55N3Si3.C53H53N3Si3.C20H20BrNSi.Pt/c2*1-57(2,3)46-24-26-50(54-36-46)42-30-40(38-18-12-10-13-19-38)32-44(34-42)56(52-28-29-53(59(7,8)9)49-23-17-16-22-48(49)52)45-33-41(39-20-14-11-15-21-39)31-43(35-45)51-27-25-47(37-55-51)58(4,5)6;1-23(2,3)19-9-10-20(22-14-19)17-11-16(12-18(21)13-17)15-7-5-4-6-8-15;/h10-37H,1-9H3;10-33,36-37H,1-9H3;4-14H,1-3H3;/q;-2;;+2. The molecular formula is C126H128BrN7PtSi7. The van der Waals surface area contributed by atoms with Crippen LogP contribution in [-0.2, 0) is 21.1 Å². The molecule has 0 aliphatic rings. The number of hydrogen-bond acceptors (Lipinski definition) is 7. The van der Waals surface area contributed by atoms with Gasteiger partial charge >= 0.3 is 21.1 Å². The molecule has 0 aliphatic carbocycles. The molecule has 0 amide bonds. The molecule has 0 radical (unpaired) electrons. The molecule has 7 nitrogen and oxygen atoms in total. The number of fused-ring (bicyclic) bond motifs is 2. The van der Waals surface area contributed by atoms with E-state index in [-0.39, 0.29) is 21.1 Å². The Kier molecular flexibility index (Phi) is 30.8. The van der Waals surface area contributed by atoms with Gasteiger partial charge in [-0.15, -0.1) is 47.5 Å². The Morgan fingerprint density at radius 2 is 0.444 bits per heavy atom. The van der Waals surface area contributed by atoms with Crippen LogP contribution in [0.5, 0.6) is 0 Å². The molecule has 712 valence electrons. The maximum absolute atomic E-state index is 5.13. The zero-order chi connectivity index (χ0) is 99.5. The van der Waals surface area contributed by atoms with Crippen molar-refractivity contribution in [2.45, 2.75) is 137 Å². The zero-order valence-electron chi connectivity index (χ0n) is 85.9. The number of nitrogens with zero attached hydrogens (tertiary/aromatic N) is 7. The third-order valence-corrected chi connectivity index (χ3v) is 41.2. The van der Waals surface area contributed by atoms with Crippen LogP contribution in [0.25, 0.3) is 133 Å². The molecule has 14 aromatic carbocycles. The summed E-state index contributed by atoms with van der Waals surface area (Å²) in [5, 5.41) is 14.7. The van der Waals surface area contributed by atoms with Gasteiger partial charge in [-0.25, -0.2) is 0 Å². The largest absolute Gasteiger partial charge is 2.00 e. The van der Waals surface area contributed by atoms with Crippen molar-refractivity contribution < 1.29 is 21.1 Å². The summed E-state index contributed by atoms with van der Waals surface area (Å²) in [7, 11) is -10.9. The van der Waals surface area contributed by atoms with Crippen molar-refractivity contribution in [3.8, 4) is 112 Å². The van der Waals surface area contributed by atoms with Crippen LogP contribution in [0.2, 0.25) is 137 Å². The second kappa shape index (κ2) is 42.7. The van der Waals surface area contributed by atoms with E-state index in [1.807, 2.05) is 12.3 Å². The quantitative estimate of drug-likeness (QED) is 0.0467. The number of hydrogen-bond donors (Lipinski definition) is 0. The molecule has 0 bridgehead atoms. The minimum Gasteiger partial charge on any atom is -0.346 e. The maximum Gasteiger partial charge on any atom is 2.00 e. The first-order valence-corrected chi connectivity index (χ1v) is 74.5. The van der Waals surface area contributed by atoms with E-state index in [4.69, 9.17) is 24.9 Å². The molecule has 0 aliphatic heterocycles. The zero-order valence-corrected chi connectivity index (χ0v) is 96.7. The van der Waals surface area contributed by atoms with Gasteiger partial charge in [0, 0.05) is 74.3 Å². The SMILES string of the molecule is C[Si](C)(C)c1ccc(-c2[c-]c(N(c3[c-]c(-c4ccc([Si](C)(C)C)cn4)cc(-c4ccccc4)c3)c3ccc([Si](C)(C)C)c4ccccc34)cc(-c3ccccc3)c2)nc1.C[Si](C)(C)c1ccc(-c2cc(-c3ccccc3)cc(N(c3cc(-c4ccccc4)cc(-c4ccc([Si](C)(C)C)cn4)c3)c3ccc([Si](C)(C)C)c4ccccc34)c2)nc1.C[Si](C)(C)c1ccc(-c2cc(Br)cc(-c3ccccc3)c2)nc1.[Pt+2]. The number of halogens is 1. The van der Waals surface area contributed by atoms with Gasteiger partial charge in [-0.1, -0.05) is 430 Å². The van der Waals surface area contributed by atoms with Crippen LogP contribution in [0, 0.1) is 12.1 Å². The Labute approximate surface area is 873 Å². The molecule has 19 aromatic rings. The number of anilines is 6. The van der Waals surface area contributed by atoms with E-state index in [1.54, 1.807) is 0 Å². The molecule has 0 atom stereocenters. The maximum atomic E-state index is 5.13. The van der Waals surface area contributed by atoms with Crippen LogP contribution < -0.4 is 46.1 Å². The molecule has 0 spiro atoms. The van der Waals surface area contributed by atoms with Gasteiger partial charge < -0.3 is 19.8 Å². The molecule has 0 saturated heterocycles. The summed E-state index contributed by atoms with van der Waals surface area (Å²) in [6, 6.07) is 140. The van der Waals surface area contributed by atoms with E-state index in [2.05, 4.69) is 558 Å². The monoisotopic (exact) mass is 2210 g/mol. The Morgan fingerprint density at radius 3 is 0.718 bits per heavy atom. The van der Waals surface area contributed by atoms with Gasteiger partial charge in [-0.2, -0.15) is 0 Å². The molecule has 0 unspecified atom stereocenters. The Balaban J connectivity index is 0.000000166. The van der Waals surface area contributed by atoms with Crippen molar-refractivity contribution in [1.29, 1.82) is 0 Å². The second-order valence-corrected chi connectivity index (χ2v) is 80.7. The van der Waals surface area contributed by atoms with Crippen molar-refractivity contribution in [2.75, 3.05) is 9.80 Å². The average Bonchev–Trinajstić information content (AvgIpc) is 0.748. The number of benzene rings is 14. The number of aromatic nitrogens is 5. The fourth-order valence-corrected chi connectivity index (χ4v) is 27.1. The van der Waals surface area contributed by atoms with Crippen molar-refractivity contribution in [2.24, 2.45) is 0 Å². The predicted octanol–water partition coefficient (Wildman–Crippen LogP) is 32.1. The first-order chi connectivity index (χ1) is 67.2. The van der Waals surface area contributed by atoms with Crippen LogP contribution in [0.4, 0.5) is 34.1 Å². The summed E-state index contributed by atoms with van der Waals surface area (Å²) in [4.78, 5) is 30.0. The van der Waals surface area contributed by atoms with Gasteiger partial charge in [0.15, 0.2) is 0 Å². The Morgan fingerprint density at radius 1 is 0.204 bits per heavy atom. The third-order valence-electron chi connectivity index (χ3n) is 26.5. The fourth-order valence-electron chi connectivity index (χ4n) is 18.2. The molecule has 16 heteroatoms. The van der Waals surface area contributed by atoms with Crippen LogP contribution >= 0.6 is 15.9 Å². The Bertz CT molecular complexity index is 6970. The number of rotatable bonds is 23. The summed E-state index contributed by atoms with van der Waals surface area (Å²) in [5.74, 6) is 0. The third kappa shape index (κ3) is 24.1. The molecule has 5 aromatic heterocycles. The smallest absolute Gasteiger partial charge is 0.346 e. The van der Waals surface area contributed by atoms with Gasteiger partial charge in [-0.05, 0) is 189 Å². The summed E-state index contributed by atoms with van der Waals surface area (Å²) in [5.41, 5.74) is 27.6. The van der Waals surface area contributed by atoms with E-state index in [9.17, 15) is 0 Å². The van der Waals surface area contributed by atoms with Crippen molar-refractivity contribution >= 4 is 164 Å². The molecule has 0 saturated carbocycles. The van der Waals surface area contributed by atoms with Gasteiger partial charge in [0.2, 0.25) is 0 Å². The summed E-state index contributed by atoms with van der Waals surface area (Å²) in [6.45, 7) is 50.1. The average molecular weight is 2210 g/mol. The van der Waals surface area contributed by atoms with Crippen molar-refractivity contribution in [3.05, 3.63) is 412 Å². The van der Waals surface area contributed by atoms with Crippen LogP contribution in [0.3, 0.4) is 0 Å². The van der Waals surface area contributed by atoms with Crippen molar-refractivity contribution in [1.82, 2.24) is 24.9 Å². The minimum absolute atomic E-state index is 0. The minimum atomic E-state index is -1.71. The van der Waals surface area contributed by atoms with E-state index in [0.29, 0.717) is 0 Å². The van der Waals surface area contributed by atoms with Gasteiger partial charge in [0.25, 0.3) is 0 Å². The Hall–Kier alpha value is -12.4. The molecular weight excluding hydrogens is 2080 g/mol. The second-order valence-electron chi connectivity index (χ2n) is 44.4.